The number of aryl methyl sites for hydroxylation is 1. The topological polar surface area (TPSA) is 66.7 Å². The lowest BCUT2D eigenvalue weighted by Gasteiger charge is -2.05. The predicted octanol–water partition coefficient (Wildman–Crippen LogP) is 4.90. The number of halogens is 1. The van der Waals surface area contributed by atoms with E-state index in [-0.39, 0.29) is 0 Å². The number of imidazole rings is 1. The van der Waals surface area contributed by atoms with E-state index in [1.807, 2.05) is 49.4 Å². The number of benzene rings is 1. The third-order valence-electron chi connectivity index (χ3n) is 3.72. The molecule has 24 heavy (non-hydrogen) atoms. The molecule has 0 unspecified atom stereocenters. The SMILES string of the molecule is Cc1ccc(CNc2ccc(-c3nc4cc(Br)cnc4[nH]3)cc2)o1. The zero-order valence-electron chi connectivity index (χ0n) is 13.0. The lowest BCUT2D eigenvalue weighted by molar-refractivity contribution is 0.490. The Morgan fingerprint density at radius 2 is 2.00 bits per heavy atom. The standard InChI is InChI=1S/C18H15BrN4O/c1-11-2-7-15(24-11)10-20-14-5-3-12(4-6-14)17-22-16-8-13(19)9-21-18(16)23-17/h2-9,20H,10H2,1H3,(H,21,22,23). The Hall–Kier alpha value is -2.60. The number of hydrogen-bond donors (Lipinski definition) is 2. The number of anilines is 1. The third-order valence-corrected chi connectivity index (χ3v) is 4.16. The molecule has 0 aliphatic heterocycles. The summed E-state index contributed by atoms with van der Waals surface area (Å²) in [6, 6.07) is 14.0. The van der Waals surface area contributed by atoms with Crippen molar-refractivity contribution >= 4 is 32.8 Å². The molecular formula is C18H15BrN4O. The number of fused-ring (bicyclic) bond motifs is 1. The van der Waals surface area contributed by atoms with Crippen molar-refractivity contribution in [1.82, 2.24) is 15.0 Å². The summed E-state index contributed by atoms with van der Waals surface area (Å²) in [7, 11) is 0. The quantitative estimate of drug-likeness (QED) is 0.526. The van der Waals surface area contributed by atoms with E-state index in [1.54, 1.807) is 6.20 Å². The van der Waals surface area contributed by atoms with Gasteiger partial charge < -0.3 is 14.7 Å². The highest BCUT2D eigenvalue weighted by atomic mass is 79.9. The molecule has 5 nitrogen and oxygen atoms in total. The Morgan fingerprint density at radius 3 is 2.75 bits per heavy atom. The summed E-state index contributed by atoms with van der Waals surface area (Å²) < 4.78 is 6.47. The molecule has 4 aromatic rings. The van der Waals surface area contributed by atoms with Gasteiger partial charge in [-0.25, -0.2) is 9.97 Å². The highest BCUT2D eigenvalue weighted by Crippen LogP contribution is 2.23. The Morgan fingerprint density at radius 1 is 1.17 bits per heavy atom. The van der Waals surface area contributed by atoms with Gasteiger partial charge >= 0.3 is 0 Å². The second-order valence-corrected chi connectivity index (χ2v) is 6.47. The fraction of sp³-hybridized carbons (Fsp3) is 0.111. The number of nitrogens with zero attached hydrogens (tertiary/aromatic N) is 2. The molecule has 0 bridgehead atoms. The molecule has 0 spiro atoms. The molecule has 3 aromatic heterocycles. The van der Waals surface area contributed by atoms with Crippen LogP contribution in [0, 0.1) is 6.92 Å². The first kappa shape index (κ1) is 15.0. The van der Waals surface area contributed by atoms with E-state index in [4.69, 9.17) is 4.42 Å². The van der Waals surface area contributed by atoms with Crippen LogP contribution >= 0.6 is 15.9 Å². The molecule has 0 atom stereocenters. The number of nitrogens with one attached hydrogen (secondary N) is 2. The number of hydrogen-bond acceptors (Lipinski definition) is 4. The maximum Gasteiger partial charge on any atom is 0.157 e. The molecule has 0 amide bonds. The highest BCUT2D eigenvalue weighted by molar-refractivity contribution is 9.10. The average Bonchev–Trinajstić information content (AvgIpc) is 3.19. The van der Waals surface area contributed by atoms with Crippen LogP contribution in [0.5, 0.6) is 0 Å². The van der Waals surface area contributed by atoms with E-state index in [0.717, 1.165) is 44.2 Å². The van der Waals surface area contributed by atoms with Gasteiger partial charge in [0.1, 0.15) is 22.9 Å². The van der Waals surface area contributed by atoms with E-state index in [2.05, 4.69) is 36.2 Å². The molecule has 6 heteroatoms. The minimum Gasteiger partial charge on any atom is -0.465 e. The molecule has 0 saturated heterocycles. The molecule has 2 N–H and O–H groups in total. The molecule has 4 rings (SSSR count). The maximum atomic E-state index is 5.55. The number of furan rings is 1. The molecule has 120 valence electrons. The number of aromatic amines is 1. The number of rotatable bonds is 4. The first-order valence-electron chi connectivity index (χ1n) is 7.58. The van der Waals surface area contributed by atoms with Crippen molar-refractivity contribution in [2.45, 2.75) is 13.5 Å². The second kappa shape index (κ2) is 6.13. The van der Waals surface area contributed by atoms with Crippen molar-refractivity contribution in [3.8, 4) is 11.4 Å². The Kier molecular flexibility index (Phi) is 3.82. The summed E-state index contributed by atoms with van der Waals surface area (Å²) in [5, 5.41) is 3.34. The van der Waals surface area contributed by atoms with Gasteiger partial charge in [0.2, 0.25) is 0 Å². The van der Waals surface area contributed by atoms with Crippen LogP contribution in [0.15, 0.2) is 57.6 Å². The van der Waals surface area contributed by atoms with Gasteiger partial charge in [-0.15, -0.1) is 0 Å². The van der Waals surface area contributed by atoms with Crippen molar-refractivity contribution in [3.63, 3.8) is 0 Å². The molecular weight excluding hydrogens is 368 g/mol. The summed E-state index contributed by atoms with van der Waals surface area (Å²) in [5.41, 5.74) is 3.67. The first-order chi connectivity index (χ1) is 11.7. The van der Waals surface area contributed by atoms with Crippen molar-refractivity contribution in [2.24, 2.45) is 0 Å². The van der Waals surface area contributed by atoms with Gasteiger partial charge in [0.05, 0.1) is 6.54 Å². The van der Waals surface area contributed by atoms with Crippen molar-refractivity contribution in [1.29, 1.82) is 0 Å². The molecule has 0 aliphatic carbocycles. The van der Waals surface area contributed by atoms with Gasteiger partial charge in [-0.3, -0.25) is 0 Å². The van der Waals surface area contributed by atoms with E-state index < -0.39 is 0 Å². The Bertz CT molecular complexity index is 988. The Balaban J connectivity index is 1.51. The van der Waals surface area contributed by atoms with Crippen LogP contribution < -0.4 is 5.32 Å². The fourth-order valence-electron chi connectivity index (χ4n) is 2.52. The highest BCUT2D eigenvalue weighted by Gasteiger charge is 2.07. The van der Waals surface area contributed by atoms with E-state index in [1.165, 1.54) is 0 Å². The predicted molar refractivity (Wildman–Crippen MR) is 97.8 cm³/mol. The molecule has 0 radical (unpaired) electrons. The van der Waals surface area contributed by atoms with Gasteiger partial charge in [0.25, 0.3) is 0 Å². The largest absolute Gasteiger partial charge is 0.465 e. The first-order valence-corrected chi connectivity index (χ1v) is 8.37. The fourth-order valence-corrected chi connectivity index (χ4v) is 2.84. The van der Waals surface area contributed by atoms with Crippen LogP contribution in [0.2, 0.25) is 0 Å². The Labute approximate surface area is 147 Å². The number of pyridine rings is 1. The number of H-pyrrole nitrogens is 1. The molecule has 0 saturated carbocycles. The van der Waals surface area contributed by atoms with Crippen LogP contribution in [0.1, 0.15) is 11.5 Å². The summed E-state index contributed by atoms with van der Waals surface area (Å²) in [4.78, 5) is 12.1. The second-order valence-electron chi connectivity index (χ2n) is 5.55. The van der Waals surface area contributed by atoms with Crippen LogP contribution in [0.4, 0.5) is 5.69 Å². The summed E-state index contributed by atoms with van der Waals surface area (Å²) >= 11 is 3.41. The summed E-state index contributed by atoms with van der Waals surface area (Å²) in [6.45, 7) is 2.61. The molecule has 0 fully saturated rings. The van der Waals surface area contributed by atoms with Crippen LogP contribution in [0.25, 0.3) is 22.6 Å². The normalized spacial score (nSPS) is 11.1. The lowest BCUT2D eigenvalue weighted by Crippen LogP contribution is -1.97. The average molecular weight is 383 g/mol. The minimum atomic E-state index is 0.662. The monoisotopic (exact) mass is 382 g/mol. The zero-order chi connectivity index (χ0) is 16.5. The van der Waals surface area contributed by atoms with Crippen LogP contribution in [-0.4, -0.2) is 15.0 Å². The smallest absolute Gasteiger partial charge is 0.157 e. The summed E-state index contributed by atoms with van der Waals surface area (Å²) in [5.74, 6) is 2.65. The van der Waals surface area contributed by atoms with Gasteiger partial charge in [-0.2, -0.15) is 0 Å². The molecule has 1 aromatic carbocycles. The molecule has 3 heterocycles. The van der Waals surface area contributed by atoms with Crippen LogP contribution in [-0.2, 0) is 6.54 Å². The lowest BCUT2D eigenvalue weighted by atomic mass is 10.2. The van der Waals surface area contributed by atoms with Gasteiger partial charge in [0, 0.05) is 21.9 Å². The van der Waals surface area contributed by atoms with Gasteiger partial charge in [-0.1, -0.05) is 0 Å². The van der Waals surface area contributed by atoms with Gasteiger partial charge in [0.15, 0.2) is 5.65 Å². The third kappa shape index (κ3) is 3.05. The zero-order valence-corrected chi connectivity index (χ0v) is 14.6. The van der Waals surface area contributed by atoms with Crippen molar-refractivity contribution in [3.05, 3.63) is 64.7 Å². The summed E-state index contributed by atoms with van der Waals surface area (Å²) in [6.07, 6.45) is 1.76. The van der Waals surface area contributed by atoms with Gasteiger partial charge in [-0.05, 0) is 65.3 Å². The van der Waals surface area contributed by atoms with E-state index in [9.17, 15) is 0 Å². The molecule has 0 aliphatic rings. The van der Waals surface area contributed by atoms with E-state index >= 15 is 0 Å². The van der Waals surface area contributed by atoms with Crippen molar-refractivity contribution in [2.75, 3.05) is 5.32 Å². The maximum absolute atomic E-state index is 5.55. The van der Waals surface area contributed by atoms with E-state index in [0.29, 0.717) is 6.54 Å². The minimum absolute atomic E-state index is 0.662. The van der Waals surface area contributed by atoms with Crippen LogP contribution in [0.3, 0.4) is 0 Å². The number of aromatic nitrogens is 3. The van der Waals surface area contributed by atoms with Crippen molar-refractivity contribution < 1.29 is 4.42 Å².